The molecular formula is C18H18N2O8S. The van der Waals surface area contributed by atoms with Gasteiger partial charge in [-0.25, -0.2) is 13.2 Å². The van der Waals surface area contributed by atoms with Crippen LogP contribution in [0.1, 0.15) is 12.5 Å². The molecule has 0 unspecified atom stereocenters. The van der Waals surface area contributed by atoms with Crippen LogP contribution < -0.4 is 5.32 Å². The van der Waals surface area contributed by atoms with Crippen molar-refractivity contribution in [3.05, 3.63) is 47.2 Å². The first-order chi connectivity index (χ1) is 13.6. The molecule has 0 spiro atoms. The molecule has 2 heterocycles. The summed E-state index contributed by atoms with van der Waals surface area (Å²) in [6.07, 6.45) is -0.0588. The number of β-lactam (4-membered cyclic amide) rings is 1. The Hall–Kier alpha value is -3.21. The fourth-order valence-electron chi connectivity index (χ4n) is 3.33. The van der Waals surface area contributed by atoms with Crippen molar-refractivity contribution in [1.29, 1.82) is 0 Å². The molecule has 2 atom stereocenters. The van der Waals surface area contributed by atoms with Gasteiger partial charge in [-0.2, -0.15) is 0 Å². The lowest BCUT2D eigenvalue weighted by molar-refractivity contribution is -0.151. The summed E-state index contributed by atoms with van der Waals surface area (Å²) >= 11 is 0. The van der Waals surface area contributed by atoms with Gasteiger partial charge in [0.15, 0.2) is 15.2 Å². The number of rotatable bonds is 6. The largest absolute Gasteiger partial charge is 0.477 e. The van der Waals surface area contributed by atoms with Gasteiger partial charge < -0.3 is 15.2 Å². The first-order valence-corrected chi connectivity index (χ1v) is 10.3. The van der Waals surface area contributed by atoms with Gasteiger partial charge in [0, 0.05) is 12.5 Å². The van der Waals surface area contributed by atoms with E-state index in [-0.39, 0.29) is 12.0 Å². The minimum atomic E-state index is -4.01. The predicted octanol–water partition coefficient (Wildman–Crippen LogP) is -0.788. The standard InChI is InChI=1S/C18H18N2O8S/c1-10(21)28-8-12-9-29(26,27)17-14(16(23)20(17)15(12)18(24)25)19-13(22)7-11-5-3-2-4-6-11/h2-6,14,17H,7-9H2,1H3,(H,19,22)(H,24,25)/t14-,17-/m0/s1. The lowest BCUT2D eigenvalue weighted by atomic mass is 10.0. The van der Waals surface area contributed by atoms with E-state index in [4.69, 9.17) is 4.74 Å². The first-order valence-electron chi connectivity index (χ1n) is 8.58. The number of carboxylic acids is 1. The van der Waals surface area contributed by atoms with Crippen LogP contribution in [0, 0.1) is 0 Å². The summed E-state index contributed by atoms with van der Waals surface area (Å²) in [6.45, 7) is 0.534. The minimum Gasteiger partial charge on any atom is -0.477 e. The molecule has 10 nitrogen and oxygen atoms in total. The van der Waals surface area contributed by atoms with Crippen molar-refractivity contribution >= 4 is 33.6 Å². The number of aliphatic carboxylic acids is 1. The summed E-state index contributed by atoms with van der Waals surface area (Å²) in [7, 11) is -4.01. The van der Waals surface area contributed by atoms with Crippen LogP contribution in [0.5, 0.6) is 0 Å². The molecule has 2 aliphatic rings. The minimum absolute atomic E-state index is 0.0588. The number of hydrogen-bond acceptors (Lipinski definition) is 7. The number of nitrogens with one attached hydrogen (secondary N) is 1. The summed E-state index contributed by atoms with van der Waals surface area (Å²) in [5.74, 6) is -4.34. The Labute approximate surface area is 166 Å². The molecule has 1 fully saturated rings. The second kappa shape index (κ2) is 7.66. The Morgan fingerprint density at radius 3 is 2.48 bits per heavy atom. The van der Waals surface area contributed by atoms with E-state index in [0.717, 1.165) is 6.92 Å². The average molecular weight is 422 g/mol. The number of fused-ring (bicyclic) bond motifs is 1. The maximum absolute atomic E-state index is 12.6. The molecule has 0 saturated carbocycles. The van der Waals surface area contributed by atoms with Gasteiger partial charge in [0.25, 0.3) is 5.91 Å². The van der Waals surface area contributed by atoms with Crippen molar-refractivity contribution in [2.75, 3.05) is 12.4 Å². The van der Waals surface area contributed by atoms with E-state index in [1.807, 2.05) is 0 Å². The van der Waals surface area contributed by atoms with E-state index in [2.05, 4.69) is 5.32 Å². The van der Waals surface area contributed by atoms with Gasteiger partial charge in [0.05, 0.1) is 12.2 Å². The molecule has 2 amide bonds. The van der Waals surface area contributed by atoms with Crippen molar-refractivity contribution in [2.45, 2.75) is 24.8 Å². The Morgan fingerprint density at radius 1 is 1.24 bits per heavy atom. The van der Waals surface area contributed by atoms with Crippen molar-refractivity contribution < 1.29 is 37.4 Å². The first kappa shape index (κ1) is 20.5. The SMILES string of the molecule is CC(=O)OCC1=C(C(=O)O)N2C(=O)[C@H](NC(=O)Cc3ccccc3)[C@@H]2S(=O)(=O)C1. The second-order valence-electron chi connectivity index (χ2n) is 6.65. The van der Waals surface area contributed by atoms with Crippen molar-refractivity contribution in [1.82, 2.24) is 10.2 Å². The van der Waals surface area contributed by atoms with E-state index in [9.17, 15) is 32.7 Å². The summed E-state index contributed by atoms with van der Waals surface area (Å²) in [5, 5.41) is 10.3. The van der Waals surface area contributed by atoms with Crippen LogP contribution in [0.4, 0.5) is 0 Å². The number of carbonyl (C=O) groups is 4. The number of ether oxygens (including phenoxy) is 1. The maximum Gasteiger partial charge on any atom is 0.352 e. The molecule has 0 bridgehead atoms. The summed E-state index contributed by atoms with van der Waals surface area (Å²) < 4.78 is 30.0. The molecule has 0 aromatic heterocycles. The third-order valence-corrected chi connectivity index (χ3v) is 6.51. The van der Waals surface area contributed by atoms with Crippen LogP contribution >= 0.6 is 0 Å². The van der Waals surface area contributed by atoms with E-state index >= 15 is 0 Å². The van der Waals surface area contributed by atoms with Gasteiger partial charge in [0.2, 0.25) is 5.91 Å². The third kappa shape index (κ3) is 3.99. The van der Waals surface area contributed by atoms with Gasteiger partial charge >= 0.3 is 11.9 Å². The molecule has 1 aromatic carbocycles. The van der Waals surface area contributed by atoms with Gasteiger partial charge in [-0.3, -0.25) is 19.3 Å². The predicted molar refractivity (Wildman–Crippen MR) is 97.8 cm³/mol. The number of benzene rings is 1. The molecule has 3 rings (SSSR count). The van der Waals surface area contributed by atoms with Gasteiger partial charge in [-0.15, -0.1) is 0 Å². The highest BCUT2D eigenvalue weighted by atomic mass is 32.2. The molecule has 1 saturated heterocycles. The number of amides is 2. The lowest BCUT2D eigenvalue weighted by Gasteiger charge is -2.48. The van der Waals surface area contributed by atoms with Crippen LogP contribution in [-0.2, 0) is 40.2 Å². The zero-order chi connectivity index (χ0) is 21.3. The normalized spacial score (nSPS) is 22.4. The van der Waals surface area contributed by atoms with Crippen LogP contribution in [0.2, 0.25) is 0 Å². The highest BCUT2D eigenvalue weighted by Crippen LogP contribution is 2.36. The smallest absolute Gasteiger partial charge is 0.352 e. The molecule has 2 N–H and O–H groups in total. The van der Waals surface area contributed by atoms with Gasteiger partial charge in [-0.05, 0) is 5.56 Å². The summed E-state index contributed by atoms with van der Waals surface area (Å²) in [6, 6.07) is 7.28. The Morgan fingerprint density at radius 2 is 1.90 bits per heavy atom. The van der Waals surface area contributed by atoms with E-state index < -0.39 is 63.1 Å². The molecule has 0 radical (unpaired) electrons. The number of esters is 1. The highest BCUT2D eigenvalue weighted by Gasteiger charge is 2.60. The molecule has 154 valence electrons. The second-order valence-corrected chi connectivity index (χ2v) is 8.75. The van der Waals surface area contributed by atoms with Crippen molar-refractivity contribution in [3.8, 4) is 0 Å². The average Bonchev–Trinajstić information content (AvgIpc) is 2.64. The molecule has 11 heteroatoms. The van der Waals surface area contributed by atoms with Gasteiger partial charge in [-0.1, -0.05) is 30.3 Å². The number of sulfone groups is 1. The monoisotopic (exact) mass is 422 g/mol. The quantitative estimate of drug-likeness (QED) is 0.448. The number of hydrogen-bond donors (Lipinski definition) is 2. The van der Waals surface area contributed by atoms with Crippen LogP contribution in [0.25, 0.3) is 0 Å². The van der Waals surface area contributed by atoms with Crippen LogP contribution in [0.3, 0.4) is 0 Å². The third-order valence-electron chi connectivity index (χ3n) is 4.54. The molecular weight excluding hydrogens is 404 g/mol. The fourth-order valence-corrected chi connectivity index (χ4v) is 5.33. The van der Waals surface area contributed by atoms with E-state index in [0.29, 0.717) is 10.5 Å². The number of nitrogens with zero attached hydrogens (tertiary/aromatic N) is 1. The topological polar surface area (TPSA) is 147 Å². The lowest BCUT2D eigenvalue weighted by Crippen LogP contribution is -2.75. The highest BCUT2D eigenvalue weighted by molar-refractivity contribution is 7.92. The molecule has 1 aromatic rings. The summed E-state index contributed by atoms with van der Waals surface area (Å²) in [4.78, 5) is 48.0. The molecule has 29 heavy (non-hydrogen) atoms. The number of carboxylic acid groups (broad SMARTS) is 1. The van der Waals surface area contributed by atoms with Crippen LogP contribution in [-0.4, -0.2) is 66.0 Å². The van der Waals surface area contributed by atoms with Crippen LogP contribution in [0.15, 0.2) is 41.6 Å². The zero-order valence-corrected chi connectivity index (χ0v) is 16.1. The fraction of sp³-hybridized carbons (Fsp3) is 0.333. The summed E-state index contributed by atoms with van der Waals surface area (Å²) in [5.41, 5.74) is -0.0640. The molecule has 2 aliphatic heterocycles. The maximum atomic E-state index is 12.6. The van der Waals surface area contributed by atoms with Gasteiger partial charge in [0.1, 0.15) is 18.3 Å². The Kier molecular flexibility index (Phi) is 5.42. The van der Waals surface area contributed by atoms with Crippen molar-refractivity contribution in [3.63, 3.8) is 0 Å². The molecule has 0 aliphatic carbocycles. The van der Waals surface area contributed by atoms with Crippen molar-refractivity contribution in [2.24, 2.45) is 0 Å². The van der Waals surface area contributed by atoms with E-state index in [1.54, 1.807) is 30.3 Å². The Balaban J connectivity index is 1.83. The van der Waals surface area contributed by atoms with E-state index in [1.165, 1.54) is 0 Å². The Bertz CT molecular complexity index is 1020. The zero-order valence-electron chi connectivity index (χ0n) is 15.3. The number of carbonyl (C=O) groups excluding carboxylic acids is 3.